The van der Waals surface area contributed by atoms with Crippen molar-refractivity contribution in [1.82, 2.24) is 4.98 Å². The first-order valence-electron chi connectivity index (χ1n) is 20.3. The molecule has 2 aliphatic heterocycles. The number of benzene rings is 1. The number of aliphatic hydroxyl groups is 2. The lowest BCUT2D eigenvalue weighted by Crippen LogP contribution is -2.12. The molecule has 1 aromatic heterocycles. The largest absolute Gasteiger partial charge is 0.487 e. The third-order valence-corrected chi connectivity index (χ3v) is 9.97. The van der Waals surface area contributed by atoms with Gasteiger partial charge in [0.2, 0.25) is 0 Å². The minimum Gasteiger partial charge on any atom is -0.487 e. The molecule has 13 heteroatoms. The van der Waals surface area contributed by atoms with Gasteiger partial charge in [-0.15, -0.1) is 0 Å². The van der Waals surface area contributed by atoms with E-state index in [1.54, 1.807) is 20.4 Å². The number of nitrogens with zero attached hydrogens (tertiary/aromatic N) is 4. The molecule has 13 nitrogen and oxygen atoms in total. The van der Waals surface area contributed by atoms with E-state index in [0.717, 1.165) is 64.5 Å². The standard InChI is InChI=1S/C45H63N5O8/c1-8-34-35(9-2)38(49-37(34)10-3)25-39-36(14-12-16-52)32(5)43(50-39)30-48-41-27-45(58-24-22-56-20-18-54-7)44(57-23-21-55-19-17-53-6)26-40(41)47-29-42-31(4)33(28-46-42)13-11-15-51/h10,25-27,29-30,50-52H,3,8-9,11-24,28H2,1-2,4-7H3/b38-25-,47-29?,48-30?. The molecule has 0 aliphatic carbocycles. The third kappa shape index (κ3) is 13.0. The van der Waals surface area contributed by atoms with Crippen LogP contribution in [-0.2, 0) is 25.4 Å². The molecule has 0 spiro atoms. The minimum absolute atomic E-state index is 0.0844. The van der Waals surface area contributed by atoms with Crippen molar-refractivity contribution in [3.05, 3.63) is 75.3 Å². The Balaban J connectivity index is 1.77. The Hall–Kier alpha value is -4.50. The topological polar surface area (TPSA) is 161 Å². The summed E-state index contributed by atoms with van der Waals surface area (Å²) in [7, 11) is 3.27. The van der Waals surface area contributed by atoms with Crippen molar-refractivity contribution in [2.24, 2.45) is 20.0 Å². The Morgan fingerprint density at radius 3 is 1.91 bits per heavy atom. The number of aliphatic hydroxyl groups excluding tert-OH is 2. The number of rotatable bonds is 28. The van der Waals surface area contributed by atoms with Gasteiger partial charge < -0.3 is 43.6 Å². The highest BCUT2D eigenvalue weighted by molar-refractivity contribution is 6.39. The fraction of sp³-hybridized carbons (Fsp3) is 0.511. The van der Waals surface area contributed by atoms with Gasteiger partial charge in [-0.2, -0.15) is 0 Å². The van der Waals surface area contributed by atoms with E-state index in [1.807, 2.05) is 31.3 Å². The Labute approximate surface area is 344 Å². The van der Waals surface area contributed by atoms with Gasteiger partial charge in [0.25, 0.3) is 0 Å². The van der Waals surface area contributed by atoms with Gasteiger partial charge in [-0.1, -0.05) is 20.4 Å². The molecule has 0 fully saturated rings. The van der Waals surface area contributed by atoms with E-state index in [2.05, 4.69) is 38.4 Å². The number of nitrogens with one attached hydrogen (secondary N) is 1. The fourth-order valence-corrected chi connectivity index (χ4v) is 6.74. The molecular weight excluding hydrogens is 739 g/mol. The maximum absolute atomic E-state index is 9.79. The van der Waals surface area contributed by atoms with Gasteiger partial charge >= 0.3 is 0 Å². The maximum Gasteiger partial charge on any atom is 0.163 e. The summed E-state index contributed by atoms with van der Waals surface area (Å²) in [6.45, 7) is 16.4. The average molecular weight is 802 g/mol. The van der Waals surface area contributed by atoms with Crippen LogP contribution in [0.25, 0.3) is 6.08 Å². The maximum atomic E-state index is 9.79. The molecule has 0 unspecified atom stereocenters. The van der Waals surface area contributed by atoms with Gasteiger partial charge in [-0.3, -0.25) is 15.0 Å². The number of H-pyrrole nitrogens is 1. The van der Waals surface area contributed by atoms with Gasteiger partial charge in [-0.25, -0.2) is 4.99 Å². The van der Waals surface area contributed by atoms with Gasteiger partial charge in [0.05, 0.1) is 92.8 Å². The molecule has 2 aromatic rings. The summed E-state index contributed by atoms with van der Waals surface area (Å²) >= 11 is 0. The van der Waals surface area contributed by atoms with Crippen LogP contribution in [0.5, 0.6) is 11.5 Å². The van der Waals surface area contributed by atoms with E-state index in [9.17, 15) is 10.2 Å². The van der Waals surface area contributed by atoms with Crippen LogP contribution < -0.4 is 9.47 Å². The number of hydrogen-bond acceptors (Lipinski definition) is 12. The van der Waals surface area contributed by atoms with Crippen LogP contribution in [0.15, 0.2) is 72.7 Å². The SMILES string of the molecule is C=CC1=N/C(=C\c2[nH]c(C=Nc3cc(OCCOCCOC)c(OCCOCCOC)cc3N=CC3=NCC(CCCO)=C3C)c(C)c2CCCO)C(CC)=C1CC. The molecule has 0 bridgehead atoms. The van der Waals surface area contributed by atoms with Crippen molar-refractivity contribution < 1.29 is 38.6 Å². The Morgan fingerprint density at radius 1 is 0.759 bits per heavy atom. The second-order valence-corrected chi connectivity index (χ2v) is 13.7. The highest BCUT2D eigenvalue weighted by Gasteiger charge is 2.22. The van der Waals surface area contributed by atoms with Crippen LogP contribution in [0.4, 0.5) is 11.4 Å². The monoisotopic (exact) mass is 801 g/mol. The normalized spacial score (nSPS) is 15.2. The van der Waals surface area contributed by atoms with Crippen LogP contribution in [0.2, 0.25) is 0 Å². The molecule has 0 saturated carbocycles. The van der Waals surface area contributed by atoms with Crippen molar-refractivity contribution in [1.29, 1.82) is 0 Å². The molecular formula is C45H63N5O8. The lowest BCUT2D eigenvalue weighted by Gasteiger charge is -2.15. The molecule has 2 aliphatic rings. The van der Waals surface area contributed by atoms with E-state index >= 15 is 0 Å². The number of methoxy groups -OCH3 is 2. The van der Waals surface area contributed by atoms with Crippen LogP contribution in [0, 0.1) is 6.92 Å². The van der Waals surface area contributed by atoms with Crippen molar-refractivity contribution in [2.75, 3.05) is 86.8 Å². The second kappa shape index (κ2) is 25.1. The van der Waals surface area contributed by atoms with Gasteiger partial charge in [0, 0.05) is 45.3 Å². The molecule has 4 rings (SSSR count). The predicted octanol–water partition coefficient (Wildman–Crippen LogP) is 7.43. The Morgan fingerprint density at radius 2 is 1.34 bits per heavy atom. The summed E-state index contributed by atoms with van der Waals surface area (Å²) in [6, 6.07) is 3.65. The van der Waals surface area contributed by atoms with Gasteiger partial charge in [0.15, 0.2) is 11.5 Å². The van der Waals surface area contributed by atoms with Crippen LogP contribution in [-0.4, -0.2) is 126 Å². The average Bonchev–Trinajstić information content (AvgIpc) is 3.87. The van der Waals surface area contributed by atoms with Crippen molar-refractivity contribution in [2.45, 2.75) is 66.2 Å². The summed E-state index contributed by atoms with van der Waals surface area (Å²) in [6.07, 6.45) is 12.0. The Kier molecular flexibility index (Phi) is 20.0. The number of aromatic nitrogens is 1. The zero-order valence-corrected chi connectivity index (χ0v) is 35.3. The summed E-state index contributed by atoms with van der Waals surface area (Å²) < 4.78 is 34.0. The molecule has 3 N–H and O–H groups in total. The minimum atomic E-state index is 0.0844. The lowest BCUT2D eigenvalue weighted by molar-refractivity contribution is 0.0499. The van der Waals surface area contributed by atoms with Crippen molar-refractivity contribution in [3.63, 3.8) is 0 Å². The summed E-state index contributed by atoms with van der Waals surface area (Å²) in [5.41, 5.74) is 12.3. The van der Waals surface area contributed by atoms with E-state index in [4.69, 9.17) is 48.4 Å². The molecule has 0 saturated heterocycles. The van der Waals surface area contributed by atoms with Crippen molar-refractivity contribution in [3.8, 4) is 11.5 Å². The zero-order chi connectivity index (χ0) is 41.7. The summed E-state index contributed by atoms with van der Waals surface area (Å²) in [4.78, 5) is 23.2. The van der Waals surface area contributed by atoms with E-state index in [1.165, 1.54) is 16.7 Å². The van der Waals surface area contributed by atoms with Crippen molar-refractivity contribution >= 4 is 41.3 Å². The first-order chi connectivity index (χ1) is 28.3. The molecule has 3 heterocycles. The van der Waals surface area contributed by atoms with Crippen LogP contribution in [0.1, 0.15) is 75.4 Å². The number of hydrogen-bond donors (Lipinski definition) is 3. The number of ether oxygens (including phenoxy) is 6. The molecule has 58 heavy (non-hydrogen) atoms. The first-order valence-corrected chi connectivity index (χ1v) is 20.3. The number of aromatic amines is 1. The molecule has 316 valence electrons. The quantitative estimate of drug-likeness (QED) is 0.0592. The highest BCUT2D eigenvalue weighted by atomic mass is 16.6. The lowest BCUT2D eigenvalue weighted by atomic mass is 9.98. The van der Waals surface area contributed by atoms with Gasteiger partial charge in [0.1, 0.15) is 13.2 Å². The first kappa shape index (κ1) is 46.2. The summed E-state index contributed by atoms with van der Waals surface area (Å²) in [5, 5.41) is 19.2. The Bertz CT molecular complexity index is 1880. The molecule has 0 atom stereocenters. The number of allylic oxidation sites excluding steroid dienone is 4. The second-order valence-electron chi connectivity index (χ2n) is 13.7. The molecule has 0 radical (unpaired) electrons. The zero-order valence-electron chi connectivity index (χ0n) is 35.3. The van der Waals surface area contributed by atoms with Crippen LogP contribution in [0.3, 0.4) is 0 Å². The summed E-state index contributed by atoms with van der Waals surface area (Å²) in [5.74, 6) is 0.972. The third-order valence-electron chi connectivity index (χ3n) is 9.97. The molecule has 0 amide bonds. The highest BCUT2D eigenvalue weighted by Crippen LogP contribution is 2.40. The predicted molar refractivity (Wildman–Crippen MR) is 234 cm³/mol. The smallest absolute Gasteiger partial charge is 0.163 e. The number of aliphatic imine (C=N–C) groups is 4. The molecule has 1 aromatic carbocycles. The van der Waals surface area contributed by atoms with E-state index in [0.29, 0.717) is 88.3 Å². The van der Waals surface area contributed by atoms with Gasteiger partial charge in [-0.05, 0) is 97.9 Å². The fourth-order valence-electron chi connectivity index (χ4n) is 6.74. The van der Waals surface area contributed by atoms with E-state index in [-0.39, 0.29) is 26.4 Å². The van der Waals surface area contributed by atoms with E-state index < -0.39 is 0 Å². The van der Waals surface area contributed by atoms with Crippen LogP contribution >= 0.6 is 0 Å².